The van der Waals surface area contributed by atoms with Crippen LogP contribution in [0.15, 0.2) is 256 Å². The third-order valence-electron chi connectivity index (χ3n) is 15.4. The van der Waals surface area contributed by atoms with Gasteiger partial charge in [-0.3, -0.25) is 34.2 Å². The first kappa shape index (κ1) is 128. The fourth-order valence-electron chi connectivity index (χ4n) is 9.57. The summed E-state index contributed by atoms with van der Waals surface area (Å²) in [7, 11) is 8.91. The van der Waals surface area contributed by atoms with Crippen molar-refractivity contribution < 1.29 is 306 Å². The molecule has 0 unspecified atom stereocenters. The maximum atomic E-state index is 12.8. The number of carboxylic acids is 2. The van der Waals surface area contributed by atoms with E-state index in [4.69, 9.17) is 58.5 Å². The van der Waals surface area contributed by atoms with Crippen LogP contribution in [0.25, 0.3) is 0 Å². The molecule has 694 valence electrons. The Morgan fingerprint density at radius 1 is 0.523 bits per heavy atom. The van der Waals surface area contributed by atoms with E-state index < -0.39 is 76.3 Å². The fraction of sp³-hybridized carbons (Fsp3) is 0.174. The van der Waals surface area contributed by atoms with E-state index in [-0.39, 0.29) is 223 Å². The molecule has 2 heterocycles. The molecule has 10 aromatic carbocycles. The molecule has 0 aliphatic carbocycles. The monoisotopic (exact) mass is 2270 g/mol. The van der Waals surface area contributed by atoms with Crippen molar-refractivity contribution in [3.05, 3.63) is 294 Å². The predicted molar refractivity (Wildman–Crippen MR) is 487 cm³/mol. The summed E-state index contributed by atoms with van der Waals surface area (Å²) in [6, 6.07) is 56.0. The Morgan fingerprint density at radius 3 is 1.21 bits per heavy atom. The third-order valence-corrected chi connectivity index (χ3v) is 20.4. The number of aliphatic hydroxyl groups excluding tert-OH is 1. The standard InChI is InChI=1S/C16H13NO6S.C16H15NO4S.C15H13NO4S.C14H9NO3S.C8H6FNO4.C8H8O2S.C4H8O.CH3F.CH3I.CH2O3.CH4O.CH4.2Cs.Li.2H2O.H/c1-22-15(18)10-7-8-14(12(9-10)17(20)21)24-13-6-4-3-5-11(13)16(19)23-2;1-20-15(18)10-7-8-14(12(17)9-10)22-13-6-4-3-5-11(13)16(19)21-2;1-20-15(19)10-4-2-3-5-12(10)21-13-7-6-9(14(17)18)8-11(13)16;16-13-9-3-1-2-4-11(9)19-12-6-5-8(14(17)18)7-10(12)15-13;1-14-8(11)5-2-3-6(9)7(4-5)10(12)13;1-10-8(9)6-4-2-3-5-7(6)11;1-2-4-5-3-1;2*1-2;2-1-4-3;1-2;;;;;;;/h3-9H,1-2H3;3-9H,17H2,1-2H3;2-8H,16H2,1H3,(H,17,18);1-7H,(H,15,16)(H,17,18);2-4H,1H3;2-5,11H,1H3;1-4H2;2*1H3;1,3H;2H,1H3;1H4;;;;2*1H2;/q;;;;;;;;;;;;3*+1;;;-1/p-2/i;;;;;;;2*1D;;;;;;;;;. The number of alkyl halides is 2. The second-order valence-electron chi connectivity index (χ2n) is 23.0. The van der Waals surface area contributed by atoms with Crippen molar-refractivity contribution in [1.29, 1.82) is 0 Å². The molecular formula is C86H91Cs2F2ILiN5O30S5. The van der Waals surface area contributed by atoms with Crippen molar-refractivity contribution in [2.24, 2.45) is 0 Å². The molecule has 0 spiro atoms. The van der Waals surface area contributed by atoms with Crippen LogP contribution in [0.5, 0.6) is 0 Å². The van der Waals surface area contributed by atoms with E-state index in [1.807, 2.05) is 52.9 Å². The van der Waals surface area contributed by atoms with Gasteiger partial charge in [-0.2, -0.15) is 4.39 Å². The van der Waals surface area contributed by atoms with Gasteiger partial charge in [0.1, 0.15) is 0 Å². The summed E-state index contributed by atoms with van der Waals surface area (Å²) in [5.41, 5.74) is 15.2. The normalized spacial score (nSPS) is 10.2. The number of benzene rings is 10. The van der Waals surface area contributed by atoms with Gasteiger partial charge < -0.3 is 92.5 Å². The second-order valence-corrected chi connectivity index (χ2v) is 27.8. The van der Waals surface area contributed by atoms with Crippen LogP contribution in [0.2, 0.25) is 0 Å². The van der Waals surface area contributed by atoms with Crippen LogP contribution in [-0.2, 0) is 47.6 Å². The van der Waals surface area contributed by atoms with Crippen molar-refractivity contribution in [1.82, 2.24) is 0 Å². The minimum atomic E-state index is -1.03. The number of anilines is 3. The first-order chi connectivity index (χ1) is 61.3. The molecule has 35 nitrogen and oxygen atoms in total. The van der Waals surface area contributed by atoms with Gasteiger partial charge in [0.15, 0.2) is 0 Å². The number of carbonyl (C=O) groups is 11. The molecule has 12 rings (SSSR count). The number of rotatable bonds is 18. The Balaban J connectivity index is -0.000000357. The number of nitrogens with zero attached hydrogens (tertiary/aromatic N) is 2. The number of hydrogen-bond acceptors (Lipinski definition) is 34. The van der Waals surface area contributed by atoms with Gasteiger partial charge >= 0.3 is 216 Å². The van der Waals surface area contributed by atoms with Crippen LogP contribution in [0.4, 0.5) is 37.2 Å². The van der Waals surface area contributed by atoms with E-state index in [1.165, 1.54) is 127 Å². The molecule has 0 atom stereocenters. The van der Waals surface area contributed by atoms with Gasteiger partial charge in [-0.25, -0.2) is 43.2 Å². The molecule has 0 aromatic heterocycles. The molecule has 0 bridgehead atoms. The number of aromatic carboxylic acids is 2. The molecule has 10 aromatic rings. The topological polar surface area (TPSA) is 566 Å². The average molecular weight is 2270 g/mol. The molecule has 132 heavy (non-hydrogen) atoms. The van der Waals surface area contributed by atoms with Gasteiger partial charge in [0.05, 0.1) is 134 Å². The zero-order chi connectivity index (χ0) is 96.0. The molecule has 11 N–H and O–H groups in total. The van der Waals surface area contributed by atoms with E-state index in [0.29, 0.717) is 79.8 Å². The van der Waals surface area contributed by atoms with Gasteiger partial charge in [0.25, 0.3) is 18.1 Å². The number of methoxy groups -OCH3 is 7. The van der Waals surface area contributed by atoms with Crippen LogP contribution in [0, 0.1) is 26.0 Å². The number of carboxylic acid groups (broad SMARTS) is 2. The summed E-state index contributed by atoms with van der Waals surface area (Å²) in [5.74, 6) is -6.82. The average Bonchev–Trinajstić information content (AvgIpc) is 1.79. The minimum absolute atomic E-state index is 0. The molecule has 1 fully saturated rings. The number of nitrogens with two attached hydrogens (primary N) is 2. The van der Waals surface area contributed by atoms with Crippen LogP contribution in [-0.4, -0.2) is 184 Å². The third kappa shape index (κ3) is 44.4. The maximum Gasteiger partial charge on any atom is 1.00 e. The summed E-state index contributed by atoms with van der Waals surface area (Å²) in [4.78, 5) is 152. The summed E-state index contributed by atoms with van der Waals surface area (Å²) < 4.78 is 71.7. The van der Waals surface area contributed by atoms with E-state index in [2.05, 4.69) is 41.8 Å². The summed E-state index contributed by atoms with van der Waals surface area (Å²) in [5, 5.41) is 57.7. The molecule has 46 heteroatoms. The van der Waals surface area contributed by atoms with Crippen molar-refractivity contribution in [2.75, 3.05) is 98.9 Å². The number of nitrogens with one attached hydrogen (secondary N) is 1. The van der Waals surface area contributed by atoms with Crippen molar-refractivity contribution in [3.8, 4) is 0 Å². The van der Waals surface area contributed by atoms with Crippen molar-refractivity contribution >= 4 is 177 Å². The number of fused-ring (bicyclic) bond motifs is 2. The SMILES string of the molecule is C.C1CCOC1.CO.COC(=O)c1ccc(F)c([N+](=O)[O-])c1.COC(=O)c1ccc(Sc2ccccc2C(=O)OC)c(N)c1.COC(=O)c1ccc(Sc2ccccc2C(=O)OC)c([N+](=O)[O-])c1.COC(=O)c1ccccc1S.COC(=O)c1ccccc1Sc1ccc(C(=O)O)cc1N.O.O=C(O)c1ccc2c(c1)NC(=O)c1ccccc1S2.O=CO[O-].[2H]CF.[2H]CI.[Cs+].[Cs+].[H-].[Li+].[OH-]. The largest absolute Gasteiger partial charge is 1.00 e. The van der Waals surface area contributed by atoms with Crippen LogP contribution >= 0.6 is 82.3 Å². The minimum Gasteiger partial charge on any atom is -1.00 e. The van der Waals surface area contributed by atoms with Crippen LogP contribution < -0.4 is 179 Å². The number of hydrogen-bond donors (Lipinski definition) is 7. The number of halogens is 3. The Hall–Kier alpha value is -8.39. The number of amides is 1. The first-order valence-corrected chi connectivity index (χ1v) is 40.3. The predicted octanol–water partition coefficient (Wildman–Crippen LogP) is 6.84. The van der Waals surface area contributed by atoms with E-state index in [9.17, 15) is 77.0 Å². The molecule has 1 saturated heterocycles. The Kier molecular flexibility index (Phi) is 71.5. The number of esters is 7. The molecular weight excluding hydrogens is 2180 g/mol. The number of aliphatic hydroxyl groups is 1. The van der Waals surface area contributed by atoms with E-state index in [0.717, 1.165) is 83.0 Å². The van der Waals surface area contributed by atoms with Gasteiger partial charge in [-0.1, -0.05) is 138 Å². The van der Waals surface area contributed by atoms with Gasteiger partial charge in [0, 0.05) is 84.4 Å². The molecule has 2 aliphatic heterocycles. The molecule has 0 radical (unpaired) electrons. The van der Waals surface area contributed by atoms with Crippen molar-refractivity contribution in [2.45, 2.75) is 64.3 Å². The number of ether oxygens (including phenoxy) is 8. The number of carbonyl (C=O) groups excluding carboxylic acids is 9. The molecule has 1 amide bonds. The summed E-state index contributed by atoms with van der Waals surface area (Å²) >= 11 is 11.2. The van der Waals surface area contributed by atoms with Crippen LogP contribution in [0.1, 0.15) is 128 Å². The summed E-state index contributed by atoms with van der Waals surface area (Å²) in [6.07, 6.45) is 2.56. The van der Waals surface area contributed by atoms with Crippen LogP contribution in [0.3, 0.4) is 0 Å². The second kappa shape index (κ2) is 73.9. The quantitative estimate of drug-likeness (QED) is 0.00395. The zero-order valence-electron chi connectivity index (χ0n) is 74.8. The van der Waals surface area contributed by atoms with E-state index in [1.54, 1.807) is 121 Å². The van der Waals surface area contributed by atoms with Gasteiger partial charge in [0.2, 0.25) is 5.82 Å². The Morgan fingerprint density at radius 2 is 0.841 bits per heavy atom. The fourth-order valence-corrected chi connectivity index (χ4v) is 13.8. The summed E-state index contributed by atoms with van der Waals surface area (Å²) in [6.45, 7) is 1.82. The van der Waals surface area contributed by atoms with Gasteiger partial charge in [-0.15, -0.1) is 12.6 Å². The smallest absolute Gasteiger partial charge is 1.00 e. The Bertz CT molecular complexity index is 5460. The van der Waals surface area contributed by atoms with E-state index >= 15 is 0 Å². The number of nitrogen functional groups attached to an aromatic ring is 2. The number of nitro benzene ring substituents is 2. The van der Waals surface area contributed by atoms with Crippen molar-refractivity contribution in [3.63, 3.8) is 0 Å². The Labute approximate surface area is 927 Å². The molecule has 0 saturated carbocycles. The zero-order valence-corrected chi connectivity index (χ0v) is 90.7. The number of thiol groups is 1. The number of nitro groups is 2. The first-order valence-electron chi connectivity index (χ1n) is 36.5. The van der Waals surface area contributed by atoms with Gasteiger partial charge in [-0.05, 0) is 157 Å². The molecule has 2 aliphatic rings. The maximum absolute atomic E-state index is 12.8.